The number of benzene rings is 2. The van der Waals surface area contributed by atoms with Crippen LogP contribution in [-0.4, -0.2) is 44.9 Å². The zero-order valence-electron chi connectivity index (χ0n) is 21.7. The molecule has 1 aliphatic heterocycles. The van der Waals surface area contributed by atoms with Gasteiger partial charge in [-0.2, -0.15) is 5.26 Å². The minimum Gasteiger partial charge on any atom is -0.334 e. The minimum atomic E-state index is 0. The summed E-state index contributed by atoms with van der Waals surface area (Å²) in [7, 11) is 0. The van der Waals surface area contributed by atoms with Gasteiger partial charge in [0.05, 0.1) is 29.7 Å². The molecule has 8 heteroatoms. The van der Waals surface area contributed by atoms with E-state index in [1.807, 2.05) is 36.8 Å². The van der Waals surface area contributed by atoms with Crippen LogP contribution in [0.25, 0.3) is 0 Å². The van der Waals surface area contributed by atoms with Gasteiger partial charge in [-0.3, -0.25) is 9.69 Å². The summed E-state index contributed by atoms with van der Waals surface area (Å²) in [6.07, 6.45) is 10.5. The molecule has 0 radical (unpaired) electrons. The number of halogens is 2. The molecule has 1 amide bonds. The quantitative estimate of drug-likeness (QED) is 0.375. The fourth-order valence-electron chi connectivity index (χ4n) is 5.74. The van der Waals surface area contributed by atoms with E-state index in [9.17, 15) is 4.79 Å². The summed E-state index contributed by atoms with van der Waals surface area (Å²) in [6, 6.07) is 20.6. The second-order valence-electron chi connectivity index (χ2n) is 10.2. The minimum absolute atomic E-state index is 0. The highest BCUT2D eigenvalue weighted by Crippen LogP contribution is 2.32. The van der Waals surface area contributed by atoms with E-state index in [2.05, 4.69) is 55.8 Å². The van der Waals surface area contributed by atoms with Crippen LogP contribution in [-0.2, 0) is 17.9 Å². The first kappa shape index (κ1) is 29.7. The van der Waals surface area contributed by atoms with Gasteiger partial charge in [-0.05, 0) is 42.5 Å². The highest BCUT2D eigenvalue weighted by molar-refractivity contribution is 5.85. The van der Waals surface area contributed by atoms with Gasteiger partial charge in [-0.15, -0.1) is 24.8 Å². The van der Waals surface area contributed by atoms with Crippen molar-refractivity contribution < 1.29 is 4.79 Å². The number of carbonyl (C=O) groups excluding carboxylic acids is 1. The molecule has 0 N–H and O–H groups in total. The van der Waals surface area contributed by atoms with Crippen LogP contribution >= 0.6 is 24.8 Å². The number of rotatable bonds is 6. The monoisotopic (exact) mass is 553 g/mol. The number of carbonyl (C=O) groups is 1. The summed E-state index contributed by atoms with van der Waals surface area (Å²) in [5, 5.41) is 9.06. The standard InChI is InChI=1S/C30H35N5O.2ClH/c31-19-24-11-13-25(14-12-24)21-34-23-32-20-28(34)22-33-16-15-29(26-7-3-1-4-8-26)35(18-17-33)30(36)27-9-5-2-6-10-27;;/h1,3-4,7-8,11-14,20,23,27,29H,2,5-6,9-10,15-18,21-22H2;2*1H. The topological polar surface area (TPSA) is 65.2 Å². The van der Waals surface area contributed by atoms with Crippen LogP contribution < -0.4 is 0 Å². The summed E-state index contributed by atoms with van der Waals surface area (Å²) < 4.78 is 2.19. The Hall–Kier alpha value is -2.85. The number of hydrogen-bond donors (Lipinski definition) is 0. The van der Waals surface area contributed by atoms with E-state index in [4.69, 9.17) is 5.26 Å². The van der Waals surface area contributed by atoms with Crippen molar-refractivity contribution in [3.63, 3.8) is 0 Å². The van der Waals surface area contributed by atoms with Crippen LogP contribution in [0, 0.1) is 17.2 Å². The first-order valence-corrected chi connectivity index (χ1v) is 13.3. The lowest BCUT2D eigenvalue weighted by Gasteiger charge is -2.34. The van der Waals surface area contributed by atoms with E-state index in [-0.39, 0.29) is 36.8 Å². The molecular formula is C30H37Cl2N5O. The van der Waals surface area contributed by atoms with Gasteiger partial charge in [0.1, 0.15) is 0 Å². The number of imidazole rings is 1. The van der Waals surface area contributed by atoms with Crippen LogP contribution in [0.5, 0.6) is 0 Å². The van der Waals surface area contributed by atoms with E-state index in [1.54, 1.807) is 0 Å². The summed E-state index contributed by atoms with van der Waals surface area (Å²) in [4.78, 5) is 22.8. The highest BCUT2D eigenvalue weighted by atomic mass is 35.5. The molecular weight excluding hydrogens is 517 g/mol. The normalized spacial score (nSPS) is 18.5. The maximum Gasteiger partial charge on any atom is 0.226 e. The van der Waals surface area contributed by atoms with Crippen molar-refractivity contribution >= 4 is 30.7 Å². The van der Waals surface area contributed by atoms with E-state index in [1.165, 1.54) is 30.5 Å². The Balaban J connectivity index is 0.00000200. The fourth-order valence-corrected chi connectivity index (χ4v) is 5.74. The maximum absolute atomic E-state index is 13.7. The highest BCUT2D eigenvalue weighted by Gasteiger charge is 2.33. The Labute approximate surface area is 238 Å². The molecule has 38 heavy (non-hydrogen) atoms. The van der Waals surface area contributed by atoms with Crippen molar-refractivity contribution in [3.8, 4) is 6.07 Å². The molecule has 1 saturated heterocycles. The van der Waals surface area contributed by atoms with Gasteiger partial charge in [0.2, 0.25) is 5.91 Å². The van der Waals surface area contributed by atoms with Gasteiger partial charge in [-0.1, -0.05) is 61.7 Å². The van der Waals surface area contributed by atoms with Crippen molar-refractivity contribution in [2.45, 2.75) is 57.7 Å². The first-order chi connectivity index (χ1) is 17.7. The van der Waals surface area contributed by atoms with Crippen molar-refractivity contribution in [1.82, 2.24) is 19.4 Å². The second-order valence-corrected chi connectivity index (χ2v) is 10.2. The van der Waals surface area contributed by atoms with Gasteiger partial charge < -0.3 is 9.47 Å². The number of nitriles is 1. The predicted molar refractivity (Wildman–Crippen MR) is 154 cm³/mol. The summed E-state index contributed by atoms with van der Waals surface area (Å²) >= 11 is 0. The summed E-state index contributed by atoms with van der Waals surface area (Å²) in [5.41, 5.74) is 4.24. The molecule has 1 aromatic heterocycles. The Bertz CT molecular complexity index is 1190. The molecule has 1 atom stereocenters. The molecule has 0 bridgehead atoms. The number of nitrogens with zero attached hydrogens (tertiary/aromatic N) is 5. The molecule has 202 valence electrons. The first-order valence-electron chi connectivity index (χ1n) is 13.3. The number of aromatic nitrogens is 2. The van der Waals surface area contributed by atoms with Crippen molar-refractivity contribution in [2.24, 2.45) is 5.92 Å². The van der Waals surface area contributed by atoms with Gasteiger partial charge in [0.25, 0.3) is 0 Å². The summed E-state index contributed by atoms with van der Waals surface area (Å²) in [6.45, 7) is 4.11. The largest absolute Gasteiger partial charge is 0.334 e. The van der Waals surface area contributed by atoms with Gasteiger partial charge in [0.15, 0.2) is 0 Å². The van der Waals surface area contributed by atoms with Crippen LogP contribution in [0.1, 0.15) is 67.0 Å². The third-order valence-electron chi connectivity index (χ3n) is 7.79. The zero-order chi connectivity index (χ0) is 24.7. The van der Waals surface area contributed by atoms with Crippen LogP contribution in [0.2, 0.25) is 0 Å². The van der Waals surface area contributed by atoms with Crippen molar-refractivity contribution in [3.05, 3.63) is 89.5 Å². The molecule has 1 unspecified atom stereocenters. The Kier molecular flexibility index (Phi) is 11.2. The van der Waals surface area contributed by atoms with Crippen molar-refractivity contribution in [1.29, 1.82) is 5.26 Å². The third-order valence-corrected chi connectivity index (χ3v) is 7.79. The van der Waals surface area contributed by atoms with E-state index < -0.39 is 0 Å². The molecule has 1 saturated carbocycles. The zero-order valence-corrected chi connectivity index (χ0v) is 23.4. The molecule has 2 aliphatic rings. The number of amides is 1. The average molecular weight is 555 g/mol. The maximum atomic E-state index is 13.7. The molecule has 3 aromatic rings. The van der Waals surface area contributed by atoms with E-state index in [0.29, 0.717) is 11.5 Å². The molecule has 2 aromatic carbocycles. The van der Waals surface area contributed by atoms with Gasteiger partial charge in [0, 0.05) is 44.8 Å². The lowest BCUT2D eigenvalue weighted by atomic mass is 9.87. The number of hydrogen-bond acceptors (Lipinski definition) is 4. The van der Waals surface area contributed by atoms with Crippen molar-refractivity contribution in [2.75, 3.05) is 19.6 Å². The van der Waals surface area contributed by atoms with Gasteiger partial charge >= 0.3 is 0 Å². The molecule has 2 fully saturated rings. The third kappa shape index (κ3) is 7.17. The predicted octanol–water partition coefficient (Wildman–Crippen LogP) is 6.00. The molecule has 1 aliphatic carbocycles. The molecule has 5 rings (SSSR count). The lowest BCUT2D eigenvalue weighted by Crippen LogP contribution is -2.41. The van der Waals surface area contributed by atoms with Gasteiger partial charge in [-0.25, -0.2) is 4.98 Å². The SMILES string of the molecule is Cl.Cl.N#Cc1ccc(Cn2cncc2CN2CCC(c3ccccc3)N(C(=O)C3CCCCC3)CC2)cc1. The van der Waals surface area contributed by atoms with Crippen LogP contribution in [0.15, 0.2) is 67.1 Å². The molecule has 2 heterocycles. The Morgan fingerprint density at radius 2 is 1.63 bits per heavy atom. The molecule has 0 spiro atoms. The van der Waals surface area contributed by atoms with Crippen LogP contribution in [0.3, 0.4) is 0 Å². The summed E-state index contributed by atoms with van der Waals surface area (Å²) in [5.74, 6) is 0.543. The van der Waals surface area contributed by atoms with Crippen LogP contribution in [0.4, 0.5) is 0 Å². The molecule has 6 nitrogen and oxygen atoms in total. The van der Waals surface area contributed by atoms with E-state index in [0.717, 1.165) is 57.5 Å². The smallest absolute Gasteiger partial charge is 0.226 e. The Morgan fingerprint density at radius 3 is 2.34 bits per heavy atom. The van der Waals surface area contributed by atoms with E-state index >= 15 is 0 Å². The Morgan fingerprint density at radius 1 is 0.895 bits per heavy atom. The fraction of sp³-hybridized carbons (Fsp3) is 0.433. The average Bonchev–Trinajstić information content (AvgIpc) is 3.25. The second kappa shape index (κ2) is 14.3. The lowest BCUT2D eigenvalue weighted by molar-refractivity contribution is -0.139.